The second kappa shape index (κ2) is 9.11. The molecule has 7 heteroatoms. The lowest BCUT2D eigenvalue weighted by atomic mass is 10.2. The summed E-state index contributed by atoms with van der Waals surface area (Å²) in [6, 6.07) is 7.97. The molecule has 1 unspecified atom stereocenters. The summed E-state index contributed by atoms with van der Waals surface area (Å²) in [6.07, 6.45) is 2.72. The number of halogens is 1. The van der Waals surface area contributed by atoms with Gasteiger partial charge in [-0.05, 0) is 31.9 Å². The first-order valence-electron chi connectivity index (χ1n) is 9.24. The molecule has 1 atom stereocenters. The zero-order chi connectivity index (χ0) is 18.5. The minimum absolute atomic E-state index is 0.114. The number of amides is 2. The number of rotatable bonds is 7. The van der Waals surface area contributed by atoms with Gasteiger partial charge in [-0.1, -0.05) is 23.7 Å². The van der Waals surface area contributed by atoms with Crippen molar-refractivity contribution in [3.63, 3.8) is 0 Å². The van der Waals surface area contributed by atoms with Crippen LogP contribution in [0.1, 0.15) is 26.2 Å². The number of thioether (sulfide) groups is 1. The van der Waals surface area contributed by atoms with E-state index >= 15 is 0 Å². The van der Waals surface area contributed by atoms with Crippen LogP contribution in [0.5, 0.6) is 0 Å². The third-order valence-corrected chi connectivity index (χ3v) is 6.44. The Balaban J connectivity index is 1.37. The van der Waals surface area contributed by atoms with Crippen LogP contribution in [0, 0.1) is 0 Å². The van der Waals surface area contributed by atoms with E-state index in [2.05, 4.69) is 10.2 Å². The van der Waals surface area contributed by atoms with E-state index in [0.29, 0.717) is 25.6 Å². The van der Waals surface area contributed by atoms with Gasteiger partial charge in [-0.3, -0.25) is 14.5 Å². The van der Waals surface area contributed by atoms with E-state index in [1.807, 2.05) is 36.1 Å². The van der Waals surface area contributed by atoms with Gasteiger partial charge in [-0.15, -0.1) is 11.8 Å². The third kappa shape index (κ3) is 5.38. The predicted molar refractivity (Wildman–Crippen MR) is 106 cm³/mol. The fourth-order valence-corrected chi connectivity index (χ4v) is 4.22. The molecule has 1 saturated carbocycles. The first kappa shape index (κ1) is 19.5. The molecule has 3 rings (SSSR count). The molecule has 0 spiro atoms. The number of carbonyl (C=O) groups is 2. The summed E-state index contributed by atoms with van der Waals surface area (Å²) >= 11 is 7.76. The Kier molecular flexibility index (Phi) is 6.84. The first-order valence-corrected chi connectivity index (χ1v) is 10.6. The molecule has 2 aliphatic rings. The number of carbonyl (C=O) groups excluding carboxylic acids is 2. The summed E-state index contributed by atoms with van der Waals surface area (Å²) in [5, 5.41) is 3.79. The Morgan fingerprint density at radius 1 is 1.23 bits per heavy atom. The van der Waals surface area contributed by atoms with Crippen molar-refractivity contribution >= 4 is 35.2 Å². The van der Waals surface area contributed by atoms with Crippen LogP contribution >= 0.6 is 23.4 Å². The lowest BCUT2D eigenvalue weighted by Gasteiger charge is -2.37. The van der Waals surface area contributed by atoms with Crippen molar-refractivity contribution in [3.8, 4) is 0 Å². The van der Waals surface area contributed by atoms with Crippen LogP contribution in [0.25, 0.3) is 0 Å². The molecule has 1 N–H and O–H groups in total. The van der Waals surface area contributed by atoms with E-state index in [-0.39, 0.29) is 17.9 Å². The van der Waals surface area contributed by atoms with E-state index in [1.54, 1.807) is 11.8 Å². The zero-order valence-electron chi connectivity index (χ0n) is 15.1. The van der Waals surface area contributed by atoms with Gasteiger partial charge in [0.25, 0.3) is 0 Å². The fourth-order valence-electron chi connectivity index (χ4n) is 3.04. The molecule has 1 saturated heterocycles. The molecule has 26 heavy (non-hydrogen) atoms. The molecule has 5 nitrogen and oxygen atoms in total. The summed E-state index contributed by atoms with van der Waals surface area (Å²) in [6.45, 7) is 4.84. The smallest absolute Gasteiger partial charge is 0.237 e. The molecule has 0 aromatic heterocycles. The Morgan fingerprint density at radius 3 is 2.58 bits per heavy atom. The van der Waals surface area contributed by atoms with Crippen molar-refractivity contribution in [3.05, 3.63) is 29.3 Å². The topological polar surface area (TPSA) is 52.7 Å². The van der Waals surface area contributed by atoms with E-state index in [4.69, 9.17) is 11.6 Å². The van der Waals surface area contributed by atoms with E-state index < -0.39 is 0 Å². The van der Waals surface area contributed by atoms with Gasteiger partial charge in [-0.2, -0.15) is 0 Å². The number of piperazine rings is 1. The average Bonchev–Trinajstić information content (AvgIpc) is 3.46. The molecular formula is C19H26ClN3O2S. The Labute approximate surface area is 164 Å². The van der Waals surface area contributed by atoms with Crippen LogP contribution in [0.3, 0.4) is 0 Å². The maximum absolute atomic E-state index is 12.4. The summed E-state index contributed by atoms with van der Waals surface area (Å²) in [4.78, 5) is 29.7. The quantitative estimate of drug-likeness (QED) is 0.721. The van der Waals surface area contributed by atoms with Crippen LogP contribution in [0.15, 0.2) is 29.2 Å². The van der Waals surface area contributed by atoms with Crippen molar-refractivity contribution in [2.75, 3.05) is 31.9 Å². The Hall–Kier alpha value is -1.24. The Morgan fingerprint density at radius 2 is 1.92 bits per heavy atom. The summed E-state index contributed by atoms with van der Waals surface area (Å²) in [5.74, 6) is 1.02. The summed E-state index contributed by atoms with van der Waals surface area (Å²) in [7, 11) is 0. The molecule has 0 bridgehead atoms. The van der Waals surface area contributed by atoms with Gasteiger partial charge >= 0.3 is 0 Å². The summed E-state index contributed by atoms with van der Waals surface area (Å²) < 4.78 is 0. The van der Waals surface area contributed by atoms with Crippen molar-refractivity contribution in [2.45, 2.75) is 43.2 Å². The van der Waals surface area contributed by atoms with Crippen molar-refractivity contribution in [1.82, 2.24) is 15.1 Å². The molecule has 2 fully saturated rings. The van der Waals surface area contributed by atoms with Gasteiger partial charge in [0.05, 0.1) is 11.1 Å². The maximum Gasteiger partial charge on any atom is 0.237 e. The molecule has 1 aliphatic carbocycles. The fraction of sp³-hybridized carbons (Fsp3) is 0.579. The molecule has 1 aromatic carbocycles. The van der Waals surface area contributed by atoms with Crippen LogP contribution in [-0.4, -0.2) is 65.6 Å². The first-order chi connectivity index (χ1) is 12.5. The monoisotopic (exact) mass is 395 g/mol. The molecule has 2 amide bonds. The highest BCUT2D eigenvalue weighted by atomic mass is 35.5. The Bertz CT molecular complexity index is 645. The predicted octanol–water partition coefficient (Wildman–Crippen LogP) is 2.63. The molecule has 1 aliphatic heterocycles. The van der Waals surface area contributed by atoms with Crippen LogP contribution in [0.4, 0.5) is 0 Å². The molecule has 1 heterocycles. The van der Waals surface area contributed by atoms with Gasteiger partial charge in [0.2, 0.25) is 11.8 Å². The van der Waals surface area contributed by atoms with Crippen molar-refractivity contribution in [1.29, 1.82) is 0 Å². The number of nitrogens with zero attached hydrogens (tertiary/aromatic N) is 2. The normalized spacial score (nSPS) is 19.2. The average molecular weight is 396 g/mol. The number of hydrogen-bond donors (Lipinski definition) is 1. The van der Waals surface area contributed by atoms with Gasteiger partial charge in [0.1, 0.15) is 0 Å². The second-order valence-electron chi connectivity index (χ2n) is 6.90. The summed E-state index contributed by atoms with van der Waals surface area (Å²) in [5.41, 5.74) is 0. The molecule has 0 radical (unpaired) electrons. The van der Waals surface area contributed by atoms with Gasteiger partial charge in [-0.25, -0.2) is 0 Å². The van der Waals surface area contributed by atoms with Gasteiger partial charge < -0.3 is 10.2 Å². The SMILES string of the molecule is CC(C(=O)NC1CC1)N1CCN(C(=O)CCSc2ccccc2Cl)CC1. The molecular weight excluding hydrogens is 370 g/mol. The zero-order valence-corrected chi connectivity index (χ0v) is 16.7. The number of benzene rings is 1. The highest BCUT2D eigenvalue weighted by molar-refractivity contribution is 7.99. The second-order valence-corrected chi connectivity index (χ2v) is 8.45. The minimum atomic E-state index is -0.122. The van der Waals surface area contributed by atoms with Crippen molar-refractivity contribution in [2.24, 2.45) is 0 Å². The van der Waals surface area contributed by atoms with E-state index in [9.17, 15) is 9.59 Å². The van der Waals surface area contributed by atoms with E-state index in [0.717, 1.165) is 41.6 Å². The van der Waals surface area contributed by atoms with Crippen LogP contribution in [-0.2, 0) is 9.59 Å². The molecule has 1 aromatic rings. The number of hydrogen-bond acceptors (Lipinski definition) is 4. The van der Waals surface area contributed by atoms with E-state index in [1.165, 1.54) is 0 Å². The maximum atomic E-state index is 12.4. The van der Waals surface area contributed by atoms with Crippen molar-refractivity contribution < 1.29 is 9.59 Å². The highest BCUT2D eigenvalue weighted by Crippen LogP contribution is 2.27. The minimum Gasteiger partial charge on any atom is -0.352 e. The van der Waals surface area contributed by atoms with Gasteiger partial charge in [0, 0.05) is 49.3 Å². The largest absolute Gasteiger partial charge is 0.352 e. The lowest BCUT2D eigenvalue weighted by Crippen LogP contribution is -2.55. The number of nitrogens with one attached hydrogen (secondary N) is 1. The van der Waals surface area contributed by atoms with Crippen LogP contribution < -0.4 is 5.32 Å². The standard InChI is InChI=1S/C19H26ClN3O2S/c1-14(19(25)21-15-6-7-15)22-9-11-23(12-10-22)18(24)8-13-26-17-5-3-2-4-16(17)20/h2-5,14-15H,6-13H2,1H3,(H,21,25). The lowest BCUT2D eigenvalue weighted by molar-refractivity contribution is -0.133. The molecule has 142 valence electrons. The van der Waals surface area contributed by atoms with Crippen LogP contribution in [0.2, 0.25) is 5.02 Å². The third-order valence-electron chi connectivity index (χ3n) is 4.93. The highest BCUT2D eigenvalue weighted by Gasteiger charge is 2.30. The van der Waals surface area contributed by atoms with Gasteiger partial charge in [0.15, 0.2) is 0 Å².